The van der Waals surface area contributed by atoms with Gasteiger partial charge in [-0.1, -0.05) is 54.4 Å². The number of aryl methyl sites for hydroxylation is 1. The molecule has 0 saturated heterocycles. The number of hydrogen-bond donors (Lipinski definition) is 0. The molecule has 1 aromatic heterocycles. The van der Waals surface area contributed by atoms with E-state index in [1.807, 2.05) is 12.1 Å². The number of nitrogens with zero attached hydrogens (tertiary/aromatic N) is 2. The van der Waals surface area contributed by atoms with Gasteiger partial charge in [0, 0.05) is 19.8 Å². The molecule has 0 spiro atoms. The Kier molecular flexibility index (Phi) is 5.21. The van der Waals surface area contributed by atoms with Crippen LogP contribution in [-0.4, -0.2) is 22.8 Å². The maximum atomic E-state index is 12.3. The van der Waals surface area contributed by atoms with Gasteiger partial charge in [0.2, 0.25) is 0 Å². The fraction of sp³-hybridized carbons (Fsp3) is 0.250. The highest BCUT2D eigenvalue weighted by Gasteiger charge is 2.14. The number of halogens is 2. The Balaban J connectivity index is 2.09. The van der Waals surface area contributed by atoms with Gasteiger partial charge in [-0.2, -0.15) is 0 Å². The van der Waals surface area contributed by atoms with Crippen LogP contribution in [0.1, 0.15) is 28.4 Å². The van der Waals surface area contributed by atoms with Gasteiger partial charge in [-0.3, -0.25) is 4.79 Å². The van der Waals surface area contributed by atoms with Gasteiger partial charge in [0.15, 0.2) is 0 Å². The van der Waals surface area contributed by atoms with Crippen LogP contribution in [0.2, 0.25) is 10.2 Å². The lowest BCUT2D eigenvalue weighted by Gasteiger charge is -2.17. The van der Waals surface area contributed by atoms with Gasteiger partial charge in [-0.15, -0.1) is 0 Å². The van der Waals surface area contributed by atoms with Crippen molar-refractivity contribution in [1.29, 1.82) is 0 Å². The van der Waals surface area contributed by atoms with Gasteiger partial charge in [0.25, 0.3) is 5.91 Å². The van der Waals surface area contributed by atoms with E-state index in [2.05, 4.69) is 24.0 Å². The minimum atomic E-state index is -0.138. The first kappa shape index (κ1) is 15.8. The number of benzene rings is 1. The monoisotopic (exact) mass is 322 g/mol. The number of carbonyl (C=O) groups excluding carboxylic acids is 1. The van der Waals surface area contributed by atoms with Crippen LogP contribution in [0, 0.1) is 0 Å². The standard InChI is InChI=1S/C16H16Cl2N2O/c1-3-11-4-6-12(7-5-11)10-20(2)16(21)13-8-14(17)15(18)19-9-13/h4-9H,3,10H2,1-2H3. The number of aromatic nitrogens is 1. The van der Waals surface area contributed by atoms with E-state index in [-0.39, 0.29) is 16.1 Å². The molecule has 5 heteroatoms. The highest BCUT2D eigenvalue weighted by Crippen LogP contribution is 2.20. The molecule has 1 heterocycles. The quantitative estimate of drug-likeness (QED) is 0.789. The minimum Gasteiger partial charge on any atom is -0.337 e. The molecule has 0 atom stereocenters. The van der Waals surface area contributed by atoms with Crippen molar-refractivity contribution in [3.8, 4) is 0 Å². The number of rotatable bonds is 4. The van der Waals surface area contributed by atoms with Gasteiger partial charge in [-0.05, 0) is 23.6 Å². The van der Waals surface area contributed by atoms with Crippen molar-refractivity contribution >= 4 is 29.1 Å². The third-order valence-corrected chi connectivity index (χ3v) is 3.93. The average molecular weight is 323 g/mol. The summed E-state index contributed by atoms with van der Waals surface area (Å²) in [6.45, 7) is 2.64. The summed E-state index contributed by atoms with van der Waals surface area (Å²) in [4.78, 5) is 17.8. The van der Waals surface area contributed by atoms with Crippen LogP contribution in [0.4, 0.5) is 0 Å². The molecule has 1 amide bonds. The molecule has 0 bridgehead atoms. The fourth-order valence-corrected chi connectivity index (χ4v) is 2.25. The van der Waals surface area contributed by atoms with Crippen LogP contribution >= 0.6 is 23.2 Å². The summed E-state index contributed by atoms with van der Waals surface area (Å²) in [5.74, 6) is -0.138. The number of carbonyl (C=O) groups is 1. The summed E-state index contributed by atoms with van der Waals surface area (Å²) in [5, 5.41) is 0.481. The molecular formula is C16H16Cl2N2O. The lowest BCUT2D eigenvalue weighted by molar-refractivity contribution is 0.0784. The van der Waals surface area contributed by atoms with Crippen LogP contribution < -0.4 is 0 Å². The van der Waals surface area contributed by atoms with Crippen LogP contribution in [0.5, 0.6) is 0 Å². The SMILES string of the molecule is CCc1ccc(CN(C)C(=O)c2cnc(Cl)c(Cl)c2)cc1. The minimum absolute atomic E-state index is 0.138. The van der Waals surface area contributed by atoms with Gasteiger partial charge >= 0.3 is 0 Å². The third-order valence-electron chi connectivity index (χ3n) is 3.24. The molecule has 21 heavy (non-hydrogen) atoms. The van der Waals surface area contributed by atoms with Crippen molar-refractivity contribution in [3.05, 3.63) is 63.4 Å². The topological polar surface area (TPSA) is 33.2 Å². The normalized spacial score (nSPS) is 10.5. The Morgan fingerprint density at radius 3 is 2.38 bits per heavy atom. The Morgan fingerprint density at radius 2 is 1.81 bits per heavy atom. The second-order valence-electron chi connectivity index (χ2n) is 4.83. The number of hydrogen-bond acceptors (Lipinski definition) is 2. The molecule has 3 nitrogen and oxygen atoms in total. The van der Waals surface area contributed by atoms with Crippen molar-refractivity contribution in [2.24, 2.45) is 0 Å². The number of amides is 1. The van der Waals surface area contributed by atoms with E-state index in [0.29, 0.717) is 12.1 Å². The van der Waals surface area contributed by atoms with Gasteiger partial charge in [0.05, 0.1) is 10.6 Å². The molecule has 0 radical (unpaired) electrons. The molecular weight excluding hydrogens is 307 g/mol. The molecule has 0 aliphatic carbocycles. The lowest BCUT2D eigenvalue weighted by atomic mass is 10.1. The molecule has 110 valence electrons. The lowest BCUT2D eigenvalue weighted by Crippen LogP contribution is -2.26. The molecule has 0 unspecified atom stereocenters. The first-order chi connectivity index (χ1) is 10.0. The first-order valence-corrected chi connectivity index (χ1v) is 7.41. The van der Waals surface area contributed by atoms with E-state index in [9.17, 15) is 4.79 Å². The summed E-state index contributed by atoms with van der Waals surface area (Å²) in [5.41, 5.74) is 2.79. The van der Waals surface area contributed by atoms with Gasteiger partial charge in [-0.25, -0.2) is 4.98 Å². The third kappa shape index (κ3) is 3.96. The molecule has 0 aliphatic rings. The van der Waals surface area contributed by atoms with Crippen molar-refractivity contribution in [3.63, 3.8) is 0 Å². The number of pyridine rings is 1. The van der Waals surface area contributed by atoms with E-state index in [0.717, 1.165) is 12.0 Å². The predicted molar refractivity (Wildman–Crippen MR) is 85.9 cm³/mol. The summed E-state index contributed by atoms with van der Waals surface area (Å²) in [7, 11) is 1.75. The molecule has 0 N–H and O–H groups in total. The zero-order valence-corrected chi connectivity index (χ0v) is 13.4. The maximum Gasteiger partial charge on any atom is 0.255 e. The highest BCUT2D eigenvalue weighted by atomic mass is 35.5. The Morgan fingerprint density at radius 1 is 1.19 bits per heavy atom. The maximum absolute atomic E-state index is 12.3. The van der Waals surface area contributed by atoms with Gasteiger partial charge < -0.3 is 4.90 Å². The van der Waals surface area contributed by atoms with Crippen LogP contribution in [0.15, 0.2) is 36.5 Å². The van der Waals surface area contributed by atoms with Crippen LogP contribution in [0.3, 0.4) is 0 Å². The summed E-state index contributed by atoms with van der Waals surface area (Å²) < 4.78 is 0. The largest absolute Gasteiger partial charge is 0.337 e. The van der Waals surface area contributed by atoms with Crippen LogP contribution in [-0.2, 0) is 13.0 Å². The summed E-state index contributed by atoms with van der Waals surface area (Å²) >= 11 is 11.6. The van der Waals surface area contributed by atoms with Crippen molar-refractivity contribution in [1.82, 2.24) is 9.88 Å². The van der Waals surface area contributed by atoms with E-state index in [1.165, 1.54) is 17.8 Å². The fourth-order valence-electron chi connectivity index (χ4n) is 1.98. The zero-order valence-electron chi connectivity index (χ0n) is 11.9. The molecule has 0 saturated carbocycles. The Bertz CT molecular complexity index is 641. The zero-order chi connectivity index (χ0) is 15.4. The summed E-state index contributed by atoms with van der Waals surface area (Å²) in [6, 6.07) is 9.77. The molecule has 0 fully saturated rings. The smallest absolute Gasteiger partial charge is 0.255 e. The second kappa shape index (κ2) is 6.92. The van der Waals surface area contributed by atoms with E-state index in [1.54, 1.807) is 11.9 Å². The molecule has 2 aromatic rings. The summed E-state index contributed by atoms with van der Waals surface area (Å²) in [6.07, 6.45) is 2.44. The Labute approximate surface area is 134 Å². The molecule has 1 aromatic carbocycles. The van der Waals surface area contributed by atoms with Crippen molar-refractivity contribution in [2.75, 3.05) is 7.05 Å². The van der Waals surface area contributed by atoms with Gasteiger partial charge in [0.1, 0.15) is 5.15 Å². The Hall–Kier alpha value is -1.58. The highest BCUT2D eigenvalue weighted by molar-refractivity contribution is 6.41. The molecule has 0 aliphatic heterocycles. The second-order valence-corrected chi connectivity index (χ2v) is 5.59. The van der Waals surface area contributed by atoms with Crippen LogP contribution in [0.25, 0.3) is 0 Å². The van der Waals surface area contributed by atoms with E-state index >= 15 is 0 Å². The van der Waals surface area contributed by atoms with E-state index in [4.69, 9.17) is 23.2 Å². The van der Waals surface area contributed by atoms with Crippen molar-refractivity contribution in [2.45, 2.75) is 19.9 Å². The molecule has 2 rings (SSSR count). The van der Waals surface area contributed by atoms with Crippen molar-refractivity contribution < 1.29 is 4.79 Å². The first-order valence-electron chi connectivity index (χ1n) is 6.65. The average Bonchev–Trinajstić information content (AvgIpc) is 2.50. The van der Waals surface area contributed by atoms with E-state index < -0.39 is 0 Å². The predicted octanol–water partition coefficient (Wildman–Crippen LogP) is 4.22.